The number of aryl methyl sites for hydroxylation is 2. The minimum absolute atomic E-state index is 0.0248. The predicted molar refractivity (Wildman–Crippen MR) is 92.8 cm³/mol. The maximum Gasteiger partial charge on any atom is 0.272 e. The normalized spacial score (nSPS) is 17.2. The molecule has 0 radical (unpaired) electrons. The van der Waals surface area contributed by atoms with Crippen molar-refractivity contribution in [3.63, 3.8) is 0 Å². The summed E-state index contributed by atoms with van der Waals surface area (Å²) >= 11 is 0. The maximum atomic E-state index is 13.1. The Balaban J connectivity index is 1.83. The molecule has 0 saturated carbocycles. The number of hydrogen-bond donors (Lipinski definition) is 0. The van der Waals surface area contributed by atoms with Gasteiger partial charge in [-0.05, 0) is 38.3 Å². The molecule has 24 heavy (non-hydrogen) atoms. The smallest absolute Gasteiger partial charge is 0.272 e. The van der Waals surface area contributed by atoms with Gasteiger partial charge in [-0.1, -0.05) is 30.3 Å². The summed E-state index contributed by atoms with van der Waals surface area (Å²) in [4.78, 5) is 15.0. The zero-order valence-electron chi connectivity index (χ0n) is 14.4. The Bertz CT molecular complexity index is 675. The third-order valence-electron chi connectivity index (χ3n) is 4.37. The topological polar surface area (TPSA) is 47.4 Å². The lowest BCUT2D eigenvalue weighted by atomic mass is 10.1. The minimum Gasteiger partial charge on any atom is -0.376 e. The number of rotatable bonds is 6. The molecule has 0 bridgehead atoms. The quantitative estimate of drug-likeness (QED) is 0.819. The molecule has 1 aliphatic heterocycles. The van der Waals surface area contributed by atoms with Crippen LogP contribution < -0.4 is 0 Å². The summed E-state index contributed by atoms with van der Waals surface area (Å²) in [5.41, 5.74) is 2.66. The van der Waals surface area contributed by atoms with Crippen LogP contribution in [0.2, 0.25) is 0 Å². The van der Waals surface area contributed by atoms with Crippen molar-refractivity contribution in [1.29, 1.82) is 0 Å². The van der Waals surface area contributed by atoms with Crippen LogP contribution in [0.3, 0.4) is 0 Å². The molecular formula is C19H25N3O2. The Morgan fingerprint density at radius 2 is 2.17 bits per heavy atom. The van der Waals surface area contributed by atoms with E-state index in [0.29, 0.717) is 25.3 Å². The van der Waals surface area contributed by atoms with E-state index in [0.717, 1.165) is 30.7 Å². The van der Waals surface area contributed by atoms with Gasteiger partial charge >= 0.3 is 0 Å². The van der Waals surface area contributed by atoms with Crippen LogP contribution in [-0.2, 0) is 17.8 Å². The number of amides is 1. The summed E-state index contributed by atoms with van der Waals surface area (Å²) in [5.74, 6) is 0.0248. The van der Waals surface area contributed by atoms with Gasteiger partial charge < -0.3 is 9.64 Å². The van der Waals surface area contributed by atoms with Crippen LogP contribution in [0, 0.1) is 6.92 Å². The number of aromatic nitrogens is 2. The highest BCUT2D eigenvalue weighted by Crippen LogP contribution is 2.18. The molecule has 0 unspecified atom stereocenters. The van der Waals surface area contributed by atoms with Crippen molar-refractivity contribution in [1.82, 2.24) is 14.7 Å². The van der Waals surface area contributed by atoms with Gasteiger partial charge in [0, 0.05) is 26.2 Å². The molecule has 0 aliphatic carbocycles. The number of hydrogen-bond acceptors (Lipinski definition) is 3. The average molecular weight is 327 g/mol. The zero-order valence-corrected chi connectivity index (χ0v) is 14.4. The van der Waals surface area contributed by atoms with E-state index in [9.17, 15) is 4.79 Å². The summed E-state index contributed by atoms with van der Waals surface area (Å²) in [6.07, 6.45) is 2.23. The predicted octanol–water partition coefficient (Wildman–Crippen LogP) is 3.03. The van der Waals surface area contributed by atoms with E-state index in [4.69, 9.17) is 4.74 Å². The highest BCUT2D eigenvalue weighted by molar-refractivity contribution is 5.92. The SMILES string of the molecule is CCn1nc(C)cc1C(=O)N(Cc1ccccc1)C[C@@H]1CCCO1. The van der Waals surface area contributed by atoms with Gasteiger partial charge in [-0.2, -0.15) is 5.10 Å². The van der Waals surface area contributed by atoms with E-state index in [2.05, 4.69) is 17.2 Å². The van der Waals surface area contributed by atoms with Crippen LogP contribution in [-0.4, -0.2) is 39.8 Å². The Morgan fingerprint density at radius 3 is 2.83 bits per heavy atom. The molecule has 2 aromatic rings. The van der Waals surface area contributed by atoms with Gasteiger partial charge in [0.2, 0.25) is 0 Å². The lowest BCUT2D eigenvalue weighted by Crippen LogP contribution is -2.38. The molecule has 1 aliphatic rings. The fourth-order valence-electron chi connectivity index (χ4n) is 3.18. The molecular weight excluding hydrogens is 302 g/mol. The highest BCUT2D eigenvalue weighted by atomic mass is 16.5. The van der Waals surface area contributed by atoms with E-state index >= 15 is 0 Å². The maximum absolute atomic E-state index is 13.1. The fraction of sp³-hybridized carbons (Fsp3) is 0.474. The molecule has 1 saturated heterocycles. The minimum atomic E-state index is 0.0248. The van der Waals surface area contributed by atoms with Crippen LogP contribution in [0.5, 0.6) is 0 Å². The van der Waals surface area contributed by atoms with Gasteiger partial charge in [-0.25, -0.2) is 0 Å². The van der Waals surface area contributed by atoms with Crippen LogP contribution in [0.25, 0.3) is 0 Å². The van der Waals surface area contributed by atoms with Gasteiger partial charge in [0.15, 0.2) is 0 Å². The van der Waals surface area contributed by atoms with Crippen molar-refractivity contribution in [2.24, 2.45) is 0 Å². The Hall–Kier alpha value is -2.14. The second-order valence-corrected chi connectivity index (χ2v) is 6.29. The lowest BCUT2D eigenvalue weighted by Gasteiger charge is -2.25. The van der Waals surface area contributed by atoms with Crippen molar-refractivity contribution in [2.75, 3.05) is 13.2 Å². The van der Waals surface area contributed by atoms with Crippen molar-refractivity contribution in [2.45, 2.75) is 45.9 Å². The third kappa shape index (κ3) is 3.85. The van der Waals surface area contributed by atoms with Gasteiger partial charge in [0.25, 0.3) is 5.91 Å². The molecule has 2 heterocycles. The molecule has 5 nitrogen and oxygen atoms in total. The third-order valence-corrected chi connectivity index (χ3v) is 4.37. The summed E-state index contributed by atoms with van der Waals surface area (Å²) < 4.78 is 7.54. The zero-order chi connectivity index (χ0) is 16.9. The van der Waals surface area contributed by atoms with Crippen molar-refractivity contribution < 1.29 is 9.53 Å². The van der Waals surface area contributed by atoms with Gasteiger partial charge in [0.05, 0.1) is 11.8 Å². The lowest BCUT2D eigenvalue weighted by molar-refractivity contribution is 0.0498. The van der Waals surface area contributed by atoms with E-state index in [-0.39, 0.29) is 12.0 Å². The number of benzene rings is 1. The van der Waals surface area contributed by atoms with Gasteiger partial charge in [0.1, 0.15) is 5.69 Å². The molecule has 128 valence electrons. The van der Waals surface area contributed by atoms with Crippen molar-refractivity contribution >= 4 is 5.91 Å². The van der Waals surface area contributed by atoms with Crippen LogP contribution in [0.4, 0.5) is 0 Å². The molecule has 1 amide bonds. The highest BCUT2D eigenvalue weighted by Gasteiger charge is 2.25. The summed E-state index contributed by atoms with van der Waals surface area (Å²) in [6.45, 7) is 6.63. The summed E-state index contributed by atoms with van der Waals surface area (Å²) in [6, 6.07) is 12.0. The van der Waals surface area contributed by atoms with E-state index in [1.807, 2.05) is 43.0 Å². The number of carbonyl (C=O) groups is 1. The fourth-order valence-corrected chi connectivity index (χ4v) is 3.18. The van der Waals surface area contributed by atoms with Gasteiger partial charge in [-0.3, -0.25) is 9.48 Å². The first-order chi connectivity index (χ1) is 11.7. The Labute approximate surface area is 143 Å². The number of nitrogens with zero attached hydrogens (tertiary/aromatic N) is 3. The summed E-state index contributed by atoms with van der Waals surface area (Å²) in [7, 11) is 0. The Kier molecular flexibility index (Phi) is 5.30. The van der Waals surface area contributed by atoms with Crippen LogP contribution in [0.15, 0.2) is 36.4 Å². The molecule has 0 spiro atoms. The van der Waals surface area contributed by atoms with E-state index in [1.165, 1.54) is 0 Å². The number of ether oxygens (including phenoxy) is 1. The second-order valence-electron chi connectivity index (χ2n) is 6.29. The van der Waals surface area contributed by atoms with Crippen molar-refractivity contribution in [3.8, 4) is 0 Å². The first-order valence-electron chi connectivity index (χ1n) is 8.66. The monoisotopic (exact) mass is 327 g/mol. The Morgan fingerprint density at radius 1 is 1.38 bits per heavy atom. The average Bonchev–Trinajstić information content (AvgIpc) is 3.23. The first kappa shape index (κ1) is 16.7. The van der Waals surface area contributed by atoms with Crippen molar-refractivity contribution in [3.05, 3.63) is 53.3 Å². The molecule has 1 aromatic carbocycles. The summed E-state index contributed by atoms with van der Waals surface area (Å²) in [5, 5.41) is 4.41. The second kappa shape index (κ2) is 7.62. The molecule has 0 N–H and O–H groups in total. The first-order valence-corrected chi connectivity index (χ1v) is 8.66. The number of carbonyl (C=O) groups excluding carboxylic acids is 1. The molecule has 5 heteroatoms. The van der Waals surface area contributed by atoms with Crippen LogP contribution >= 0.6 is 0 Å². The molecule has 3 rings (SSSR count). The molecule has 1 fully saturated rings. The standard InChI is InChI=1S/C19H25N3O2/c1-3-22-18(12-15(2)20-22)19(23)21(14-17-10-7-11-24-17)13-16-8-5-4-6-9-16/h4-6,8-9,12,17H,3,7,10-11,13-14H2,1-2H3/t17-/m0/s1. The van der Waals surface area contributed by atoms with E-state index < -0.39 is 0 Å². The van der Waals surface area contributed by atoms with Crippen LogP contribution in [0.1, 0.15) is 41.5 Å². The van der Waals surface area contributed by atoms with E-state index in [1.54, 1.807) is 4.68 Å². The van der Waals surface area contributed by atoms with Gasteiger partial charge in [-0.15, -0.1) is 0 Å². The molecule has 1 aromatic heterocycles. The largest absolute Gasteiger partial charge is 0.376 e. The molecule has 1 atom stereocenters.